The summed E-state index contributed by atoms with van der Waals surface area (Å²) in [6.07, 6.45) is -1.08. The molecule has 0 saturated heterocycles. The second-order valence-electron chi connectivity index (χ2n) is 9.46. The number of nitrogens with one attached hydrogen (secondary N) is 2. The average Bonchev–Trinajstić information content (AvgIpc) is 2.98. The first-order chi connectivity index (χ1) is 20.5. The lowest BCUT2D eigenvalue weighted by atomic mass is 10.0. The number of hydrogen-bond donors (Lipinski definition) is 2. The SMILES string of the molecule is O=c1c(NS(=O)(=O)Cc2ccc(C(F)(F)F)nc2)c[nH]c2nc(-c3ccccc3)c(-c3cc(Cl)c4ncccc4c3)nc12. The Balaban J connectivity index is 1.43. The van der Waals surface area contributed by atoms with Crippen molar-refractivity contribution in [1.82, 2.24) is 24.9 Å². The molecule has 2 aromatic carbocycles. The number of hydrogen-bond acceptors (Lipinski definition) is 7. The monoisotopic (exact) mass is 622 g/mol. The molecule has 6 aromatic rings. The number of alkyl halides is 3. The van der Waals surface area contributed by atoms with Crippen LogP contribution in [0.4, 0.5) is 18.9 Å². The molecule has 0 aliphatic carbocycles. The molecule has 0 amide bonds. The van der Waals surface area contributed by atoms with Crippen molar-refractivity contribution in [3.05, 3.63) is 112 Å². The predicted octanol–water partition coefficient (Wildman–Crippen LogP) is 6.21. The highest BCUT2D eigenvalue weighted by molar-refractivity contribution is 7.91. The summed E-state index contributed by atoms with van der Waals surface area (Å²) in [5, 5.41) is 1.10. The lowest BCUT2D eigenvalue weighted by Crippen LogP contribution is -2.21. The molecule has 0 saturated carbocycles. The first-order valence-electron chi connectivity index (χ1n) is 12.5. The van der Waals surface area contributed by atoms with Gasteiger partial charge in [0.2, 0.25) is 15.5 Å². The van der Waals surface area contributed by atoms with Crippen LogP contribution in [0.5, 0.6) is 0 Å². The van der Waals surface area contributed by atoms with Crippen LogP contribution in [-0.2, 0) is 22.0 Å². The van der Waals surface area contributed by atoms with Crippen molar-refractivity contribution in [2.24, 2.45) is 0 Å². The second-order valence-corrected chi connectivity index (χ2v) is 11.6. The lowest BCUT2D eigenvalue weighted by molar-refractivity contribution is -0.141. The van der Waals surface area contributed by atoms with Crippen molar-refractivity contribution < 1.29 is 21.6 Å². The van der Waals surface area contributed by atoms with Gasteiger partial charge >= 0.3 is 6.18 Å². The molecule has 2 N–H and O–H groups in total. The topological polar surface area (TPSA) is 131 Å². The van der Waals surface area contributed by atoms with Gasteiger partial charge < -0.3 is 4.98 Å². The first-order valence-corrected chi connectivity index (χ1v) is 14.6. The lowest BCUT2D eigenvalue weighted by Gasteiger charge is -2.13. The van der Waals surface area contributed by atoms with Gasteiger partial charge in [-0.25, -0.2) is 18.4 Å². The zero-order valence-electron chi connectivity index (χ0n) is 21.7. The van der Waals surface area contributed by atoms with Gasteiger partial charge in [0.1, 0.15) is 11.4 Å². The zero-order chi connectivity index (χ0) is 30.4. The fraction of sp³-hybridized carbons (Fsp3) is 0.0690. The Morgan fingerprint density at radius 2 is 1.65 bits per heavy atom. The average molecular weight is 623 g/mol. The van der Waals surface area contributed by atoms with E-state index in [4.69, 9.17) is 11.6 Å². The highest BCUT2D eigenvalue weighted by Crippen LogP contribution is 2.34. The highest BCUT2D eigenvalue weighted by Gasteiger charge is 2.32. The number of anilines is 1. The van der Waals surface area contributed by atoms with Gasteiger partial charge in [0.15, 0.2) is 11.2 Å². The summed E-state index contributed by atoms with van der Waals surface area (Å²) < 4.78 is 66.3. The molecule has 9 nitrogen and oxygen atoms in total. The van der Waals surface area contributed by atoms with E-state index in [-0.39, 0.29) is 22.4 Å². The molecular weight excluding hydrogens is 605 g/mol. The number of H-pyrrole nitrogens is 1. The Morgan fingerprint density at radius 3 is 2.37 bits per heavy atom. The van der Waals surface area contributed by atoms with Gasteiger partial charge in [0.25, 0.3) is 0 Å². The summed E-state index contributed by atoms with van der Waals surface area (Å²) in [7, 11) is -4.23. The van der Waals surface area contributed by atoms with Crippen LogP contribution in [0, 0.1) is 0 Å². The van der Waals surface area contributed by atoms with Crippen molar-refractivity contribution in [1.29, 1.82) is 0 Å². The number of halogens is 4. The maximum atomic E-state index is 13.5. The third-order valence-electron chi connectivity index (χ3n) is 6.43. The van der Waals surface area contributed by atoms with Crippen LogP contribution >= 0.6 is 11.6 Å². The molecule has 4 heterocycles. The van der Waals surface area contributed by atoms with Crippen LogP contribution < -0.4 is 10.2 Å². The Morgan fingerprint density at radius 1 is 0.884 bits per heavy atom. The molecule has 4 aromatic heterocycles. The van der Waals surface area contributed by atoms with Crippen LogP contribution in [0.3, 0.4) is 0 Å². The second kappa shape index (κ2) is 10.7. The summed E-state index contributed by atoms with van der Waals surface area (Å²) >= 11 is 6.54. The molecular formula is C29H18ClF3N6O3S. The smallest absolute Gasteiger partial charge is 0.342 e. The van der Waals surface area contributed by atoms with Gasteiger partial charge in [-0.1, -0.05) is 54.1 Å². The normalized spacial score (nSPS) is 12.1. The Hall–Kier alpha value is -4.88. The molecule has 0 aliphatic heterocycles. The van der Waals surface area contributed by atoms with Crippen molar-refractivity contribution in [2.75, 3.05) is 4.72 Å². The molecule has 0 unspecified atom stereocenters. The van der Waals surface area contributed by atoms with E-state index in [1.54, 1.807) is 18.3 Å². The third-order valence-corrected chi connectivity index (χ3v) is 7.96. The summed E-state index contributed by atoms with van der Waals surface area (Å²) in [4.78, 5) is 33.2. The number of rotatable bonds is 6. The van der Waals surface area contributed by atoms with Crippen LogP contribution in [0.15, 0.2) is 90.1 Å². The van der Waals surface area contributed by atoms with E-state index in [0.29, 0.717) is 39.1 Å². The molecule has 216 valence electrons. The van der Waals surface area contributed by atoms with Crippen LogP contribution in [0.25, 0.3) is 44.6 Å². The molecule has 0 aliphatic rings. The largest absolute Gasteiger partial charge is 0.433 e. The van der Waals surface area contributed by atoms with E-state index in [0.717, 1.165) is 23.8 Å². The summed E-state index contributed by atoms with van der Waals surface area (Å²) in [5.41, 5.74) is 0.328. The minimum atomic E-state index is -4.66. The Bertz CT molecular complexity index is 2180. The van der Waals surface area contributed by atoms with E-state index < -0.39 is 33.1 Å². The maximum Gasteiger partial charge on any atom is 0.433 e. The van der Waals surface area contributed by atoms with Gasteiger partial charge in [-0.2, -0.15) is 13.2 Å². The van der Waals surface area contributed by atoms with Gasteiger partial charge in [0.05, 0.1) is 27.7 Å². The van der Waals surface area contributed by atoms with Gasteiger partial charge in [-0.15, -0.1) is 0 Å². The summed E-state index contributed by atoms with van der Waals surface area (Å²) in [6, 6.07) is 17.9. The van der Waals surface area contributed by atoms with E-state index >= 15 is 0 Å². The van der Waals surface area contributed by atoms with Crippen molar-refractivity contribution >= 4 is 49.4 Å². The molecule has 43 heavy (non-hydrogen) atoms. The Labute approximate surface area is 246 Å². The third kappa shape index (κ3) is 5.76. The van der Waals surface area contributed by atoms with Crippen molar-refractivity contribution in [3.8, 4) is 22.5 Å². The standard InChI is InChI=1S/C29H18ClF3N6O3S/c30-20-12-19(11-18-7-4-10-34-23(18)20)25-24(17-5-2-1-3-6-17)38-28-26(37-25)27(40)21(14-36-28)39-43(41,42)15-16-8-9-22(35-13-16)29(31,32)33/h1-14,39H,15H2,(H,36,38,40). The maximum absolute atomic E-state index is 13.5. The summed E-state index contributed by atoms with van der Waals surface area (Å²) in [6.45, 7) is 0. The number of aromatic nitrogens is 5. The zero-order valence-corrected chi connectivity index (χ0v) is 23.3. The van der Waals surface area contributed by atoms with E-state index in [1.165, 1.54) is 0 Å². The first kappa shape index (κ1) is 28.2. The van der Waals surface area contributed by atoms with Gasteiger partial charge in [-0.3, -0.25) is 19.5 Å². The minimum Gasteiger partial charge on any atom is -0.342 e. The van der Waals surface area contributed by atoms with E-state index in [1.807, 2.05) is 42.5 Å². The number of fused-ring (bicyclic) bond motifs is 2. The molecule has 0 atom stereocenters. The number of aromatic amines is 1. The fourth-order valence-electron chi connectivity index (χ4n) is 4.49. The predicted molar refractivity (Wildman–Crippen MR) is 157 cm³/mol. The molecule has 0 bridgehead atoms. The van der Waals surface area contributed by atoms with Crippen LogP contribution in [0.2, 0.25) is 5.02 Å². The molecule has 0 radical (unpaired) electrons. The molecule has 0 spiro atoms. The van der Waals surface area contributed by atoms with Gasteiger partial charge in [-0.05, 0) is 29.8 Å². The van der Waals surface area contributed by atoms with Crippen LogP contribution in [0.1, 0.15) is 11.3 Å². The van der Waals surface area contributed by atoms with Crippen molar-refractivity contribution in [2.45, 2.75) is 11.9 Å². The number of pyridine rings is 3. The summed E-state index contributed by atoms with van der Waals surface area (Å²) in [5.74, 6) is -0.719. The van der Waals surface area contributed by atoms with E-state index in [2.05, 4.69) is 29.6 Å². The molecule has 0 fully saturated rings. The number of sulfonamides is 1. The quantitative estimate of drug-likeness (QED) is 0.226. The van der Waals surface area contributed by atoms with E-state index in [9.17, 15) is 26.4 Å². The van der Waals surface area contributed by atoms with Gasteiger partial charge in [0, 0.05) is 35.1 Å². The Kier molecular flexibility index (Phi) is 7.06. The minimum absolute atomic E-state index is 0.00466. The van der Waals surface area contributed by atoms with Crippen molar-refractivity contribution in [3.63, 3.8) is 0 Å². The number of nitrogens with zero attached hydrogens (tertiary/aromatic N) is 4. The van der Waals surface area contributed by atoms with Crippen LogP contribution in [-0.4, -0.2) is 33.3 Å². The number of benzene rings is 2. The highest BCUT2D eigenvalue weighted by atomic mass is 35.5. The molecule has 6 rings (SSSR count). The molecule has 14 heteroatoms. The fourth-order valence-corrected chi connectivity index (χ4v) is 5.93.